The Kier molecular flexibility index (Phi) is 4.96. The van der Waals surface area contributed by atoms with E-state index in [1.807, 2.05) is 0 Å². The highest BCUT2D eigenvalue weighted by molar-refractivity contribution is 6.35. The van der Waals surface area contributed by atoms with Gasteiger partial charge in [-0.1, -0.05) is 47.6 Å². The number of nitrogens with two attached hydrogens (primary N) is 1. The van der Waals surface area contributed by atoms with Crippen LogP contribution in [0.5, 0.6) is 0 Å². The normalized spacial score (nSPS) is 18.3. The van der Waals surface area contributed by atoms with Gasteiger partial charge in [0.15, 0.2) is 5.84 Å². The van der Waals surface area contributed by atoms with Crippen molar-refractivity contribution >= 4 is 40.6 Å². The third-order valence-electron chi connectivity index (χ3n) is 3.86. The molecule has 0 unspecified atom stereocenters. The number of oxime groups is 1. The fraction of sp³-hybridized carbons (Fsp3) is 0.429. The van der Waals surface area contributed by atoms with Crippen molar-refractivity contribution in [2.24, 2.45) is 16.3 Å². The molecule has 0 atom stereocenters. The molecule has 1 aromatic carbocycles. The fourth-order valence-corrected chi connectivity index (χ4v) is 3.25. The third-order valence-corrected chi connectivity index (χ3v) is 4.30. The largest absolute Gasteiger partial charge is 0.409 e. The summed E-state index contributed by atoms with van der Waals surface area (Å²) in [5.74, 6) is -0.344. The van der Waals surface area contributed by atoms with Crippen LogP contribution < -0.4 is 11.1 Å². The SMILES string of the molecule is NC(=NO)C1(C(=O)Nc2cc(Cl)cc(Cl)c2)CCCCC1. The summed E-state index contributed by atoms with van der Waals surface area (Å²) in [5, 5.41) is 15.7. The number of halogens is 2. The molecule has 1 aromatic rings. The van der Waals surface area contributed by atoms with Crippen LogP contribution in [0.4, 0.5) is 5.69 Å². The van der Waals surface area contributed by atoms with E-state index in [0.717, 1.165) is 19.3 Å². The molecule has 0 spiro atoms. The Hall–Kier alpha value is -1.46. The molecule has 21 heavy (non-hydrogen) atoms. The maximum atomic E-state index is 12.6. The molecule has 0 heterocycles. The van der Waals surface area contributed by atoms with Crippen LogP contribution in [0.1, 0.15) is 32.1 Å². The molecule has 1 saturated carbocycles. The van der Waals surface area contributed by atoms with Crippen molar-refractivity contribution in [2.45, 2.75) is 32.1 Å². The maximum Gasteiger partial charge on any atom is 0.238 e. The average molecular weight is 330 g/mol. The molecule has 0 radical (unpaired) electrons. The smallest absolute Gasteiger partial charge is 0.238 e. The third kappa shape index (κ3) is 3.41. The molecule has 1 amide bonds. The monoisotopic (exact) mass is 329 g/mol. The average Bonchev–Trinajstić information content (AvgIpc) is 2.46. The van der Waals surface area contributed by atoms with E-state index in [9.17, 15) is 4.79 Å². The summed E-state index contributed by atoms with van der Waals surface area (Å²) in [5.41, 5.74) is 5.31. The van der Waals surface area contributed by atoms with Gasteiger partial charge in [-0.25, -0.2) is 0 Å². The Morgan fingerprint density at radius 3 is 2.29 bits per heavy atom. The van der Waals surface area contributed by atoms with Gasteiger partial charge in [-0.2, -0.15) is 0 Å². The van der Waals surface area contributed by atoms with Crippen LogP contribution >= 0.6 is 23.2 Å². The predicted octanol–water partition coefficient (Wildman–Crippen LogP) is 3.63. The first kappa shape index (κ1) is 15.9. The van der Waals surface area contributed by atoms with Crippen LogP contribution in [0.3, 0.4) is 0 Å². The van der Waals surface area contributed by atoms with Gasteiger partial charge in [-0.3, -0.25) is 4.79 Å². The number of amidine groups is 1. The van der Waals surface area contributed by atoms with Crippen LogP contribution in [-0.4, -0.2) is 17.0 Å². The van der Waals surface area contributed by atoms with Gasteiger partial charge < -0.3 is 16.3 Å². The van der Waals surface area contributed by atoms with Crippen LogP contribution in [-0.2, 0) is 4.79 Å². The van der Waals surface area contributed by atoms with Gasteiger partial charge in [-0.05, 0) is 31.0 Å². The second kappa shape index (κ2) is 6.54. The number of hydrogen-bond acceptors (Lipinski definition) is 3. The molecule has 1 aliphatic carbocycles. The first-order valence-corrected chi connectivity index (χ1v) is 7.49. The molecule has 0 aromatic heterocycles. The summed E-state index contributed by atoms with van der Waals surface area (Å²) in [6.45, 7) is 0. The highest BCUT2D eigenvalue weighted by Crippen LogP contribution is 2.38. The molecule has 1 fully saturated rings. The quantitative estimate of drug-likeness (QED) is 0.342. The van der Waals surface area contributed by atoms with Crippen LogP contribution in [0, 0.1) is 5.41 Å². The van der Waals surface area contributed by atoms with Crippen molar-refractivity contribution in [3.8, 4) is 0 Å². The molecule has 0 bridgehead atoms. The molecule has 2 rings (SSSR count). The van der Waals surface area contributed by atoms with E-state index in [2.05, 4.69) is 10.5 Å². The maximum absolute atomic E-state index is 12.6. The second-order valence-electron chi connectivity index (χ2n) is 5.24. The molecule has 7 heteroatoms. The van der Waals surface area contributed by atoms with E-state index >= 15 is 0 Å². The van der Waals surface area contributed by atoms with Gasteiger partial charge in [0, 0.05) is 15.7 Å². The lowest BCUT2D eigenvalue weighted by Crippen LogP contribution is -2.48. The fourth-order valence-electron chi connectivity index (χ4n) is 2.73. The van der Waals surface area contributed by atoms with Gasteiger partial charge in [0.25, 0.3) is 0 Å². The lowest BCUT2D eigenvalue weighted by molar-refractivity contribution is -0.123. The number of anilines is 1. The van der Waals surface area contributed by atoms with E-state index < -0.39 is 5.41 Å². The van der Waals surface area contributed by atoms with E-state index in [1.54, 1.807) is 18.2 Å². The van der Waals surface area contributed by atoms with E-state index in [4.69, 9.17) is 34.1 Å². The van der Waals surface area contributed by atoms with Gasteiger partial charge in [0.1, 0.15) is 5.41 Å². The minimum Gasteiger partial charge on any atom is -0.409 e. The Morgan fingerprint density at radius 2 is 1.76 bits per heavy atom. The van der Waals surface area contributed by atoms with E-state index in [-0.39, 0.29) is 11.7 Å². The molecular formula is C14H17Cl2N3O2. The Morgan fingerprint density at radius 1 is 1.19 bits per heavy atom. The summed E-state index contributed by atoms with van der Waals surface area (Å²) < 4.78 is 0. The van der Waals surface area contributed by atoms with Crippen molar-refractivity contribution in [3.63, 3.8) is 0 Å². The number of rotatable bonds is 3. The second-order valence-corrected chi connectivity index (χ2v) is 6.11. The Balaban J connectivity index is 2.26. The number of benzene rings is 1. The van der Waals surface area contributed by atoms with Crippen molar-refractivity contribution < 1.29 is 10.0 Å². The number of nitrogens with zero attached hydrogens (tertiary/aromatic N) is 1. The minimum atomic E-state index is -0.970. The van der Waals surface area contributed by atoms with Crippen molar-refractivity contribution in [2.75, 3.05) is 5.32 Å². The van der Waals surface area contributed by atoms with Crippen LogP contribution in [0.25, 0.3) is 0 Å². The van der Waals surface area contributed by atoms with Gasteiger partial charge in [0.2, 0.25) is 5.91 Å². The van der Waals surface area contributed by atoms with E-state index in [1.165, 1.54) is 0 Å². The number of carbonyl (C=O) groups is 1. The number of nitrogens with one attached hydrogen (secondary N) is 1. The summed E-state index contributed by atoms with van der Waals surface area (Å²) in [4.78, 5) is 12.6. The Bertz CT molecular complexity index is 549. The summed E-state index contributed by atoms with van der Waals surface area (Å²) in [7, 11) is 0. The van der Waals surface area contributed by atoms with Crippen LogP contribution in [0.2, 0.25) is 10.0 Å². The molecule has 1 aliphatic rings. The topological polar surface area (TPSA) is 87.7 Å². The van der Waals surface area contributed by atoms with Gasteiger partial charge >= 0.3 is 0 Å². The number of amides is 1. The molecule has 4 N–H and O–H groups in total. The molecule has 0 saturated heterocycles. The highest BCUT2D eigenvalue weighted by atomic mass is 35.5. The zero-order chi connectivity index (χ0) is 15.5. The number of carbonyl (C=O) groups excluding carboxylic acids is 1. The van der Waals surface area contributed by atoms with Crippen molar-refractivity contribution in [1.29, 1.82) is 0 Å². The zero-order valence-electron chi connectivity index (χ0n) is 11.4. The van der Waals surface area contributed by atoms with Crippen molar-refractivity contribution in [1.82, 2.24) is 0 Å². The molecule has 5 nitrogen and oxygen atoms in total. The molecule has 114 valence electrons. The van der Waals surface area contributed by atoms with Gasteiger partial charge in [-0.15, -0.1) is 0 Å². The van der Waals surface area contributed by atoms with E-state index in [0.29, 0.717) is 28.6 Å². The van der Waals surface area contributed by atoms with Gasteiger partial charge in [0.05, 0.1) is 0 Å². The lowest BCUT2D eigenvalue weighted by atomic mass is 9.72. The summed E-state index contributed by atoms with van der Waals surface area (Å²) >= 11 is 11.8. The predicted molar refractivity (Wildman–Crippen MR) is 84.0 cm³/mol. The molecular weight excluding hydrogens is 313 g/mol. The number of hydrogen-bond donors (Lipinski definition) is 3. The minimum absolute atomic E-state index is 0.0483. The first-order chi connectivity index (χ1) is 9.98. The summed E-state index contributed by atoms with van der Waals surface area (Å²) in [6, 6.07) is 4.79. The van der Waals surface area contributed by atoms with Crippen LogP contribution in [0.15, 0.2) is 23.4 Å². The zero-order valence-corrected chi connectivity index (χ0v) is 12.9. The first-order valence-electron chi connectivity index (χ1n) is 6.73. The highest BCUT2D eigenvalue weighted by Gasteiger charge is 2.43. The Labute approximate surface area is 133 Å². The molecule has 0 aliphatic heterocycles. The van der Waals surface area contributed by atoms with Crippen molar-refractivity contribution in [3.05, 3.63) is 28.2 Å². The lowest BCUT2D eigenvalue weighted by Gasteiger charge is -2.34. The standard InChI is InChI=1S/C14H17Cl2N3O2/c15-9-6-10(16)8-11(7-9)18-13(20)14(12(17)19-21)4-2-1-3-5-14/h6-8,21H,1-5H2,(H2,17,19)(H,18,20). The summed E-state index contributed by atoms with van der Waals surface area (Å²) in [6.07, 6.45) is 3.88.